The van der Waals surface area contributed by atoms with E-state index in [1.807, 2.05) is 19.1 Å². The molecule has 0 bridgehead atoms. The van der Waals surface area contributed by atoms with Gasteiger partial charge in [-0.3, -0.25) is 10.1 Å². The molecule has 0 saturated carbocycles. The molecule has 0 radical (unpaired) electrons. The molecule has 0 heterocycles. The molecular formula is C23H34N2O5S. The molecule has 0 fully saturated rings. The summed E-state index contributed by atoms with van der Waals surface area (Å²) in [6.07, 6.45) is 8.73. The smallest absolute Gasteiger partial charge is 0.269 e. The fourth-order valence-electron chi connectivity index (χ4n) is 2.97. The molecule has 2 rings (SSSR count). The van der Waals surface area contributed by atoms with Crippen molar-refractivity contribution in [3.8, 4) is 0 Å². The van der Waals surface area contributed by atoms with Gasteiger partial charge < -0.3 is 9.87 Å². The minimum atomic E-state index is -4.27. The van der Waals surface area contributed by atoms with Gasteiger partial charge in [-0.05, 0) is 56.7 Å². The summed E-state index contributed by atoms with van der Waals surface area (Å²) in [7, 11) is -4.27. The van der Waals surface area contributed by atoms with Crippen molar-refractivity contribution >= 4 is 15.8 Å². The summed E-state index contributed by atoms with van der Waals surface area (Å²) < 4.78 is 31.2. The Morgan fingerprint density at radius 3 is 1.97 bits per heavy atom. The first-order valence-corrected chi connectivity index (χ1v) is 12.2. The van der Waals surface area contributed by atoms with Crippen molar-refractivity contribution in [3.05, 3.63) is 69.8 Å². The van der Waals surface area contributed by atoms with Crippen LogP contribution < -0.4 is 5.32 Å². The topological polar surface area (TPSA) is 117 Å². The molecule has 2 aromatic rings. The standard InChI is InChI=1S/C16H26N2O2.C7H8O3S/c1-2-3-4-6-13-17-14-7-5-8-15-9-11-16(12-10-15)18(19)20;1-6-2-4-7(5-3-6)11(8,9)10/h9-12,17H,2-8,13-14H2,1H3;2-5H,1H3,(H,8,9,10). The third-order valence-electron chi connectivity index (χ3n) is 4.84. The number of hydrogen-bond acceptors (Lipinski definition) is 5. The highest BCUT2D eigenvalue weighted by Crippen LogP contribution is 2.13. The molecule has 0 aromatic heterocycles. The summed E-state index contributed by atoms with van der Waals surface area (Å²) in [4.78, 5) is 10.0. The van der Waals surface area contributed by atoms with E-state index in [1.165, 1.54) is 62.9 Å². The monoisotopic (exact) mass is 450 g/mol. The number of benzene rings is 2. The Bertz CT molecular complexity index is 866. The van der Waals surface area contributed by atoms with Gasteiger partial charge in [-0.15, -0.1) is 0 Å². The number of unbranched alkanes of at least 4 members (excludes halogenated alkanes) is 4. The van der Waals surface area contributed by atoms with Gasteiger partial charge in [0.25, 0.3) is 5.69 Å². The predicted octanol–water partition coefficient (Wildman–Crippen LogP) is 3.96. The van der Waals surface area contributed by atoms with Crippen molar-refractivity contribution in [2.45, 2.75) is 63.7 Å². The quantitative estimate of drug-likeness (QED) is 0.227. The van der Waals surface area contributed by atoms with Crippen LogP contribution in [0.5, 0.6) is 0 Å². The van der Waals surface area contributed by atoms with Crippen LogP contribution in [0.4, 0.5) is 5.69 Å². The van der Waals surface area contributed by atoms with Crippen LogP contribution in [0, 0.1) is 17.0 Å². The lowest BCUT2D eigenvalue weighted by atomic mass is 10.1. The third kappa shape index (κ3) is 12.2. The largest absolute Gasteiger partial charge is 0.744 e. The number of aryl methyl sites for hydroxylation is 2. The average Bonchev–Trinajstić information content (AvgIpc) is 2.73. The lowest BCUT2D eigenvalue weighted by Gasteiger charge is -2.05. The van der Waals surface area contributed by atoms with Crippen LogP contribution in [0.2, 0.25) is 0 Å². The maximum atomic E-state index is 10.5. The third-order valence-corrected chi connectivity index (χ3v) is 5.69. The minimum absolute atomic E-state index is 0.175. The Morgan fingerprint density at radius 1 is 0.871 bits per heavy atom. The number of non-ortho nitro benzene ring substituents is 1. The predicted molar refractivity (Wildman–Crippen MR) is 121 cm³/mol. The van der Waals surface area contributed by atoms with E-state index < -0.39 is 10.1 Å². The summed E-state index contributed by atoms with van der Waals surface area (Å²) in [5, 5.41) is 12.9. The van der Waals surface area contributed by atoms with Gasteiger partial charge in [0.1, 0.15) is 10.1 Å². The molecule has 2 aromatic carbocycles. The number of nitrogens with zero attached hydrogens (tertiary/aromatic N) is 1. The van der Waals surface area contributed by atoms with Gasteiger partial charge in [0.2, 0.25) is 0 Å². The second-order valence-electron chi connectivity index (χ2n) is 7.57. The zero-order valence-corrected chi connectivity index (χ0v) is 19.3. The fraction of sp³-hybridized carbons (Fsp3) is 0.478. The van der Waals surface area contributed by atoms with Crippen molar-refractivity contribution < 1.29 is 23.2 Å². The van der Waals surface area contributed by atoms with Crippen molar-refractivity contribution in [2.24, 2.45) is 0 Å². The average molecular weight is 451 g/mol. The molecule has 2 N–H and O–H groups in total. The van der Waals surface area contributed by atoms with Crippen molar-refractivity contribution in [3.63, 3.8) is 0 Å². The first kappa shape index (κ1) is 26.7. The molecule has 0 aliphatic carbocycles. The van der Waals surface area contributed by atoms with E-state index >= 15 is 0 Å². The number of nitro groups is 1. The second kappa shape index (κ2) is 14.7. The molecule has 172 valence electrons. The fourth-order valence-corrected chi connectivity index (χ4v) is 3.44. The molecule has 31 heavy (non-hydrogen) atoms. The molecule has 0 amide bonds. The highest BCUT2D eigenvalue weighted by Gasteiger charge is 2.03. The minimum Gasteiger partial charge on any atom is -0.744 e. The number of rotatable bonds is 12. The molecule has 8 heteroatoms. The summed E-state index contributed by atoms with van der Waals surface area (Å²) in [6.45, 7) is 6.50. The van der Waals surface area contributed by atoms with E-state index in [9.17, 15) is 23.1 Å². The maximum absolute atomic E-state index is 10.5. The summed E-state index contributed by atoms with van der Waals surface area (Å²) in [5.41, 5.74) is 2.30. The van der Waals surface area contributed by atoms with Crippen molar-refractivity contribution in [1.82, 2.24) is 0 Å². The molecule has 7 nitrogen and oxygen atoms in total. The molecule has 0 saturated heterocycles. The molecule has 0 atom stereocenters. The van der Waals surface area contributed by atoms with E-state index in [2.05, 4.69) is 12.2 Å². The normalized spacial score (nSPS) is 10.9. The SMILES string of the molecule is CCCCCC[NH2+]CCCCc1ccc([N+](=O)[O-])cc1.Cc1ccc(S(=O)(=O)[O-])cc1. The molecule has 0 spiro atoms. The van der Waals surface area contributed by atoms with E-state index in [4.69, 9.17) is 0 Å². The van der Waals surface area contributed by atoms with Crippen LogP contribution in [-0.4, -0.2) is 31.0 Å². The molecular weight excluding hydrogens is 416 g/mol. The first-order valence-electron chi connectivity index (χ1n) is 10.8. The van der Waals surface area contributed by atoms with Crippen molar-refractivity contribution in [1.29, 1.82) is 0 Å². The maximum Gasteiger partial charge on any atom is 0.269 e. The van der Waals surface area contributed by atoms with Gasteiger partial charge >= 0.3 is 0 Å². The van der Waals surface area contributed by atoms with E-state index in [0.717, 1.165) is 18.4 Å². The number of hydrogen-bond donors (Lipinski definition) is 1. The number of quaternary nitrogens is 1. The first-order chi connectivity index (χ1) is 14.7. The zero-order chi connectivity index (χ0) is 23.1. The van der Waals surface area contributed by atoms with E-state index in [-0.39, 0.29) is 15.5 Å². The van der Waals surface area contributed by atoms with E-state index in [1.54, 1.807) is 24.3 Å². The lowest BCUT2D eigenvalue weighted by Crippen LogP contribution is -2.84. The second-order valence-corrected chi connectivity index (χ2v) is 8.95. The van der Waals surface area contributed by atoms with Gasteiger partial charge in [0.05, 0.1) is 22.9 Å². The van der Waals surface area contributed by atoms with Gasteiger partial charge in [0.15, 0.2) is 0 Å². The Morgan fingerprint density at radius 2 is 1.45 bits per heavy atom. The Labute approximate surface area is 185 Å². The summed E-state index contributed by atoms with van der Waals surface area (Å²) in [6, 6.07) is 12.7. The molecule has 0 aliphatic rings. The summed E-state index contributed by atoms with van der Waals surface area (Å²) >= 11 is 0. The lowest BCUT2D eigenvalue weighted by molar-refractivity contribution is -0.655. The van der Waals surface area contributed by atoms with Crippen LogP contribution in [0.3, 0.4) is 0 Å². The molecule has 0 aliphatic heterocycles. The summed E-state index contributed by atoms with van der Waals surface area (Å²) in [5.74, 6) is 0. The number of nitro benzene ring substituents is 1. The van der Waals surface area contributed by atoms with Gasteiger partial charge in [0, 0.05) is 12.1 Å². The van der Waals surface area contributed by atoms with Crippen LogP contribution in [0.15, 0.2) is 53.4 Å². The zero-order valence-electron chi connectivity index (χ0n) is 18.5. The Balaban J connectivity index is 0.000000367. The van der Waals surface area contributed by atoms with E-state index in [0.29, 0.717) is 0 Å². The van der Waals surface area contributed by atoms with Gasteiger partial charge in [-0.2, -0.15) is 0 Å². The van der Waals surface area contributed by atoms with Crippen LogP contribution in [0.1, 0.15) is 56.6 Å². The van der Waals surface area contributed by atoms with Crippen molar-refractivity contribution in [2.75, 3.05) is 13.1 Å². The highest BCUT2D eigenvalue weighted by molar-refractivity contribution is 7.85. The Kier molecular flexibility index (Phi) is 12.7. The van der Waals surface area contributed by atoms with Gasteiger partial charge in [-0.1, -0.05) is 49.6 Å². The van der Waals surface area contributed by atoms with Gasteiger partial charge in [-0.25, -0.2) is 8.42 Å². The molecule has 0 unspecified atom stereocenters. The highest BCUT2D eigenvalue weighted by atomic mass is 32.2. The Hall–Kier alpha value is -2.29. The van der Waals surface area contributed by atoms with Crippen LogP contribution in [0.25, 0.3) is 0 Å². The van der Waals surface area contributed by atoms with Crippen LogP contribution >= 0.6 is 0 Å². The number of nitrogens with two attached hydrogens (primary N) is 1. The van der Waals surface area contributed by atoms with Crippen LogP contribution in [-0.2, 0) is 16.5 Å².